The Morgan fingerprint density at radius 3 is 2.45 bits per heavy atom. The Morgan fingerprint density at radius 2 is 1.71 bits per heavy atom. The van der Waals surface area contributed by atoms with Crippen LogP contribution in [0.2, 0.25) is 0 Å². The standard InChI is InChI=1S/C22H23N3O5S/c26-21-15-24(22(27)25(21)18-4-2-1-3-5-18)17-8-11-23(12-9-17)31(28,29)19-6-7-20-16(14-19)10-13-30-20/h1-7,14,17H,8-13,15H2. The Bertz CT molecular complexity index is 1130. The van der Waals surface area contributed by atoms with Gasteiger partial charge < -0.3 is 9.64 Å². The van der Waals surface area contributed by atoms with Gasteiger partial charge in [-0.1, -0.05) is 18.2 Å². The second kappa shape index (κ2) is 7.65. The number of ether oxygens (including phenoxy) is 1. The summed E-state index contributed by atoms with van der Waals surface area (Å²) in [4.78, 5) is 28.5. The molecule has 0 radical (unpaired) electrons. The van der Waals surface area contributed by atoms with Gasteiger partial charge in [-0.15, -0.1) is 0 Å². The van der Waals surface area contributed by atoms with Crippen LogP contribution < -0.4 is 9.64 Å². The molecule has 2 saturated heterocycles. The smallest absolute Gasteiger partial charge is 0.332 e. The lowest BCUT2D eigenvalue weighted by Gasteiger charge is -2.35. The summed E-state index contributed by atoms with van der Waals surface area (Å²) in [5, 5.41) is 0. The van der Waals surface area contributed by atoms with Crippen LogP contribution in [0.25, 0.3) is 0 Å². The van der Waals surface area contributed by atoms with Crippen LogP contribution in [-0.2, 0) is 21.2 Å². The maximum absolute atomic E-state index is 13.1. The van der Waals surface area contributed by atoms with Crippen LogP contribution >= 0.6 is 0 Å². The molecule has 2 aromatic carbocycles. The predicted molar refractivity (Wildman–Crippen MR) is 113 cm³/mol. The Kier molecular flexibility index (Phi) is 4.94. The molecule has 0 saturated carbocycles. The minimum Gasteiger partial charge on any atom is -0.493 e. The number of nitrogens with zero attached hydrogens (tertiary/aromatic N) is 3. The molecule has 0 aliphatic carbocycles. The number of piperidine rings is 1. The normalized spacial score (nSPS) is 20.3. The number of urea groups is 1. The molecule has 0 N–H and O–H groups in total. The van der Waals surface area contributed by atoms with Gasteiger partial charge in [0.15, 0.2) is 0 Å². The van der Waals surface area contributed by atoms with Crippen molar-refractivity contribution >= 4 is 27.6 Å². The third kappa shape index (κ3) is 3.47. The summed E-state index contributed by atoms with van der Waals surface area (Å²) in [6, 6.07) is 13.4. The molecule has 3 heterocycles. The van der Waals surface area contributed by atoms with Crippen LogP contribution in [0.4, 0.5) is 10.5 Å². The molecule has 0 bridgehead atoms. The molecule has 0 aromatic heterocycles. The Labute approximate surface area is 181 Å². The largest absolute Gasteiger partial charge is 0.493 e. The van der Waals surface area contributed by atoms with Crippen molar-refractivity contribution < 1.29 is 22.7 Å². The van der Waals surface area contributed by atoms with Gasteiger partial charge >= 0.3 is 6.03 Å². The van der Waals surface area contributed by atoms with Crippen molar-refractivity contribution in [3.63, 3.8) is 0 Å². The number of sulfonamides is 1. The molecule has 3 aliphatic rings. The minimum atomic E-state index is -3.61. The van der Waals surface area contributed by atoms with Crippen LogP contribution in [-0.4, -0.2) is 61.8 Å². The highest BCUT2D eigenvalue weighted by Crippen LogP contribution is 2.31. The molecule has 0 atom stereocenters. The second-order valence-corrected chi connectivity index (χ2v) is 9.92. The number of imide groups is 1. The number of rotatable bonds is 4. The summed E-state index contributed by atoms with van der Waals surface area (Å²) in [7, 11) is -3.61. The third-order valence-electron chi connectivity index (χ3n) is 6.17. The van der Waals surface area contributed by atoms with Gasteiger partial charge in [0.05, 0.1) is 17.2 Å². The SMILES string of the molecule is O=C1CN(C2CCN(S(=O)(=O)c3ccc4c(c3)CCO4)CC2)C(=O)N1c1ccccc1. The molecule has 3 aliphatic heterocycles. The van der Waals surface area contributed by atoms with E-state index in [2.05, 4.69) is 0 Å². The number of hydrogen-bond donors (Lipinski definition) is 0. The van der Waals surface area contributed by atoms with E-state index in [0.717, 1.165) is 11.3 Å². The van der Waals surface area contributed by atoms with Crippen molar-refractivity contribution in [3.8, 4) is 5.75 Å². The zero-order valence-electron chi connectivity index (χ0n) is 16.9. The second-order valence-electron chi connectivity index (χ2n) is 7.98. The summed E-state index contributed by atoms with van der Waals surface area (Å²) in [6.07, 6.45) is 1.70. The van der Waals surface area contributed by atoms with E-state index in [1.54, 1.807) is 47.4 Å². The van der Waals surface area contributed by atoms with E-state index in [9.17, 15) is 18.0 Å². The van der Waals surface area contributed by atoms with Gasteiger partial charge in [0.25, 0.3) is 5.91 Å². The van der Waals surface area contributed by atoms with Crippen molar-refractivity contribution in [2.45, 2.75) is 30.2 Å². The number of amides is 3. The number of benzene rings is 2. The van der Waals surface area contributed by atoms with Gasteiger partial charge in [0.2, 0.25) is 10.0 Å². The molecular weight excluding hydrogens is 418 g/mol. The van der Waals surface area contributed by atoms with Gasteiger partial charge in [-0.25, -0.2) is 18.1 Å². The molecule has 0 spiro atoms. The van der Waals surface area contributed by atoms with E-state index in [0.29, 0.717) is 44.6 Å². The highest BCUT2D eigenvalue weighted by Gasteiger charge is 2.42. The molecule has 162 valence electrons. The van der Waals surface area contributed by atoms with Crippen molar-refractivity contribution in [3.05, 3.63) is 54.1 Å². The average molecular weight is 442 g/mol. The van der Waals surface area contributed by atoms with Crippen LogP contribution in [0.1, 0.15) is 18.4 Å². The van der Waals surface area contributed by atoms with Gasteiger partial charge in [0.1, 0.15) is 12.3 Å². The Balaban J connectivity index is 1.27. The van der Waals surface area contributed by atoms with E-state index in [1.807, 2.05) is 6.07 Å². The molecule has 9 heteroatoms. The van der Waals surface area contributed by atoms with Crippen molar-refractivity contribution in [2.24, 2.45) is 0 Å². The molecule has 31 heavy (non-hydrogen) atoms. The maximum Gasteiger partial charge on any atom is 0.332 e. The van der Waals surface area contributed by atoms with E-state index in [-0.39, 0.29) is 29.4 Å². The summed E-state index contributed by atoms with van der Waals surface area (Å²) in [5.74, 6) is 0.490. The Morgan fingerprint density at radius 1 is 0.968 bits per heavy atom. The monoisotopic (exact) mass is 441 g/mol. The highest BCUT2D eigenvalue weighted by atomic mass is 32.2. The van der Waals surface area contributed by atoms with E-state index < -0.39 is 10.0 Å². The van der Waals surface area contributed by atoms with E-state index in [4.69, 9.17) is 4.74 Å². The Hall–Kier alpha value is -2.91. The van der Waals surface area contributed by atoms with Crippen molar-refractivity contribution in [1.82, 2.24) is 9.21 Å². The zero-order chi connectivity index (χ0) is 21.6. The molecule has 8 nitrogen and oxygen atoms in total. The number of carbonyl (C=O) groups is 2. The zero-order valence-corrected chi connectivity index (χ0v) is 17.8. The minimum absolute atomic E-state index is 0.0238. The predicted octanol–water partition coefficient (Wildman–Crippen LogP) is 2.24. The number of para-hydroxylation sites is 1. The number of hydrogen-bond acceptors (Lipinski definition) is 5. The lowest BCUT2D eigenvalue weighted by molar-refractivity contribution is -0.116. The quantitative estimate of drug-likeness (QED) is 0.679. The molecule has 0 unspecified atom stereocenters. The summed E-state index contributed by atoms with van der Waals surface area (Å²) in [6.45, 7) is 1.22. The van der Waals surface area contributed by atoms with Crippen LogP contribution in [0.15, 0.2) is 53.4 Å². The number of anilines is 1. The summed E-state index contributed by atoms with van der Waals surface area (Å²) >= 11 is 0. The van der Waals surface area contributed by atoms with E-state index in [1.165, 1.54) is 9.21 Å². The van der Waals surface area contributed by atoms with Gasteiger partial charge in [-0.05, 0) is 48.7 Å². The van der Waals surface area contributed by atoms with Gasteiger partial charge in [-0.3, -0.25) is 4.79 Å². The molecule has 2 fully saturated rings. The fourth-order valence-electron chi connectivity index (χ4n) is 4.50. The van der Waals surface area contributed by atoms with Gasteiger partial charge in [-0.2, -0.15) is 4.31 Å². The average Bonchev–Trinajstić information content (AvgIpc) is 3.37. The lowest BCUT2D eigenvalue weighted by atomic mass is 10.1. The molecular formula is C22H23N3O5S. The topological polar surface area (TPSA) is 87.2 Å². The van der Waals surface area contributed by atoms with Crippen LogP contribution in [0, 0.1) is 0 Å². The van der Waals surface area contributed by atoms with E-state index >= 15 is 0 Å². The molecule has 3 amide bonds. The summed E-state index contributed by atoms with van der Waals surface area (Å²) < 4.78 is 33.2. The first kappa shape index (κ1) is 20.0. The first-order valence-electron chi connectivity index (χ1n) is 10.4. The number of fused-ring (bicyclic) bond motifs is 1. The maximum atomic E-state index is 13.1. The highest BCUT2D eigenvalue weighted by molar-refractivity contribution is 7.89. The van der Waals surface area contributed by atoms with Gasteiger partial charge in [0, 0.05) is 25.6 Å². The van der Waals surface area contributed by atoms with Crippen molar-refractivity contribution in [2.75, 3.05) is 31.1 Å². The third-order valence-corrected chi connectivity index (χ3v) is 8.06. The first-order chi connectivity index (χ1) is 14.9. The van der Waals surface area contributed by atoms with Crippen molar-refractivity contribution in [1.29, 1.82) is 0 Å². The fraction of sp³-hybridized carbons (Fsp3) is 0.364. The van der Waals surface area contributed by atoms with Crippen LogP contribution in [0.3, 0.4) is 0 Å². The molecule has 5 rings (SSSR count). The molecule has 2 aromatic rings. The fourth-order valence-corrected chi connectivity index (χ4v) is 6.02. The van der Waals surface area contributed by atoms with Crippen LogP contribution in [0.5, 0.6) is 5.75 Å². The number of carbonyl (C=O) groups excluding carboxylic acids is 2. The first-order valence-corrected chi connectivity index (χ1v) is 11.8. The summed E-state index contributed by atoms with van der Waals surface area (Å²) in [5.41, 5.74) is 1.47. The lowest BCUT2D eigenvalue weighted by Crippen LogP contribution is -2.48.